The molecule has 0 saturated heterocycles. The molecule has 3 rings (SSSR count). The minimum atomic E-state index is -0.188. The molecule has 2 aromatic carbocycles. The zero-order chi connectivity index (χ0) is 20.8. The molecule has 0 fully saturated rings. The molecular formula is C22H24N4O3. The van der Waals surface area contributed by atoms with E-state index < -0.39 is 0 Å². The molecule has 29 heavy (non-hydrogen) atoms. The van der Waals surface area contributed by atoms with Gasteiger partial charge in [0.05, 0.1) is 26.3 Å². The van der Waals surface area contributed by atoms with Crippen LogP contribution in [0.1, 0.15) is 27.3 Å². The zero-order valence-corrected chi connectivity index (χ0v) is 16.9. The van der Waals surface area contributed by atoms with Gasteiger partial charge in [-0.2, -0.15) is 0 Å². The van der Waals surface area contributed by atoms with Crippen molar-refractivity contribution in [1.29, 1.82) is 0 Å². The van der Waals surface area contributed by atoms with Crippen LogP contribution in [-0.4, -0.2) is 30.1 Å². The van der Waals surface area contributed by atoms with Crippen molar-refractivity contribution in [2.24, 2.45) is 0 Å². The number of carbonyl (C=O) groups excluding carboxylic acids is 1. The predicted octanol–water partition coefficient (Wildman–Crippen LogP) is 3.78. The van der Waals surface area contributed by atoms with Crippen molar-refractivity contribution < 1.29 is 14.3 Å². The van der Waals surface area contributed by atoms with E-state index in [1.165, 1.54) is 0 Å². The van der Waals surface area contributed by atoms with Crippen molar-refractivity contribution in [2.45, 2.75) is 20.4 Å². The van der Waals surface area contributed by atoms with E-state index >= 15 is 0 Å². The highest BCUT2D eigenvalue weighted by molar-refractivity contribution is 5.94. The maximum absolute atomic E-state index is 12.5. The molecule has 3 aromatic rings. The first-order chi connectivity index (χ1) is 14.0. The number of aromatic nitrogens is 2. The van der Waals surface area contributed by atoms with Crippen LogP contribution < -0.4 is 20.1 Å². The molecule has 7 heteroatoms. The Labute approximate surface area is 170 Å². The Morgan fingerprint density at radius 1 is 0.931 bits per heavy atom. The van der Waals surface area contributed by atoms with Crippen molar-refractivity contribution in [3.8, 4) is 11.5 Å². The van der Waals surface area contributed by atoms with E-state index in [2.05, 4.69) is 20.6 Å². The lowest BCUT2D eigenvalue weighted by Gasteiger charge is -2.14. The molecule has 0 unspecified atom stereocenters. The van der Waals surface area contributed by atoms with Gasteiger partial charge >= 0.3 is 0 Å². The molecule has 0 aliphatic carbocycles. The average Bonchev–Trinajstić information content (AvgIpc) is 2.71. The summed E-state index contributed by atoms with van der Waals surface area (Å²) in [7, 11) is 3.18. The zero-order valence-electron chi connectivity index (χ0n) is 16.9. The molecular weight excluding hydrogens is 368 g/mol. The standard InChI is InChI=1S/C22H24N4O3/c1-14-12-15(2)25-22(24-14)26-17-10-8-16(9-11-17)21(27)23-13-18-19(28-3)6-5-7-20(18)29-4/h5-12H,13H2,1-4H3,(H,23,27)(H,24,25,26). The van der Waals surface area contributed by atoms with E-state index in [0.717, 1.165) is 22.6 Å². The second-order valence-electron chi connectivity index (χ2n) is 6.50. The van der Waals surface area contributed by atoms with Gasteiger partial charge in [-0.3, -0.25) is 4.79 Å². The van der Waals surface area contributed by atoms with Gasteiger partial charge in [0, 0.05) is 22.6 Å². The molecule has 1 heterocycles. The quantitative estimate of drug-likeness (QED) is 0.636. The number of rotatable bonds is 7. The molecule has 0 aliphatic heterocycles. The molecule has 0 atom stereocenters. The van der Waals surface area contributed by atoms with E-state index in [-0.39, 0.29) is 5.91 Å². The van der Waals surface area contributed by atoms with Gasteiger partial charge in [0.25, 0.3) is 5.91 Å². The van der Waals surface area contributed by atoms with Crippen molar-refractivity contribution in [3.63, 3.8) is 0 Å². The number of ether oxygens (including phenoxy) is 2. The number of hydrogen-bond donors (Lipinski definition) is 2. The lowest BCUT2D eigenvalue weighted by molar-refractivity contribution is 0.0950. The Morgan fingerprint density at radius 3 is 2.07 bits per heavy atom. The summed E-state index contributed by atoms with van der Waals surface area (Å²) in [5, 5.41) is 6.06. The van der Waals surface area contributed by atoms with Crippen LogP contribution >= 0.6 is 0 Å². The first-order valence-electron chi connectivity index (χ1n) is 9.17. The van der Waals surface area contributed by atoms with E-state index in [1.54, 1.807) is 26.4 Å². The Morgan fingerprint density at radius 2 is 1.52 bits per heavy atom. The molecule has 0 bridgehead atoms. The number of nitrogens with one attached hydrogen (secondary N) is 2. The van der Waals surface area contributed by atoms with Crippen molar-refractivity contribution in [3.05, 3.63) is 71.0 Å². The number of amides is 1. The maximum Gasteiger partial charge on any atom is 0.251 e. The lowest BCUT2D eigenvalue weighted by atomic mass is 10.1. The summed E-state index contributed by atoms with van der Waals surface area (Å²) >= 11 is 0. The fourth-order valence-electron chi connectivity index (χ4n) is 2.99. The van der Waals surface area contributed by atoms with Gasteiger partial charge in [0.2, 0.25) is 5.95 Å². The summed E-state index contributed by atoms with van der Waals surface area (Å²) in [6.45, 7) is 4.14. The van der Waals surface area contributed by atoms with Crippen LogP contribution in [0.4, 0.5) is 11.6 Å². The Kier molecular flexibility index (Phi) is 6.29. The topological polar surface area (TPSA) is 85.4 Å². The third-order valence-electron chi connectivity index (χ3n) is 4.34. The van der Waals surface area contributed by atoms with Crippen LogP contribution in [0.15, 0.2) is 48.5 Å². The first kappa shape index (κ1) is 20.1. The Balaban J connectivity index is 1.67. The van der Waals surface area contributed by atoms with Crippen LogP contribution in [0, 0.1) is 13.8 Å². The minimum Gasteiger partial charge on any atom is -0.496 e. The van der Waals surface area contributed by atoms with Crippen molar-refractivity contribution in [1.82, 2.24) is 15.3 Å². The van der Waals surface area contributed by atoms with E-state index in [1.807, 2.05) is 50.2 Å². The van der Waals surface area contributed by atoms with Gasteiger partial charge in [0.1, 0.15) is 11.5 Å². The largest absolute Gasteiger partial charge is 0.496 e. The monoisotopic (exact) mass is 392 g/mol. The number of aryl methyl sites for hydroxylation is 2. The van der Waals surface area contributed by atoms with Gasteiger partial charge in [-0.05, 0) is 56.3 Å². The van der Waals surface area contributed by atoms with Gasteiger partial charge in [0.15, 0.2) is 0 Å². The van der Waals surface area contributed by atoms with Crippen LogP contribution in [0.25, 0.3) is 0 Å². The highest BCUT2D eigenvalue weighted by Gasteiger charge is 2.12. The minimum absolute atomic E-state index is 0.188. The molecule has 2 N–H and O–H groups in total. The summed E-state index contributed by atoms with van der Waals surface area (Å²) < 4.78 is 10.7. The first-order valence-corrected chi connectivity index (χ1v) is 9.17. The van der Waals surface area contributed by atoms with Crippen LogP contribution in [0.2, 0.25) is 0 Å². The fourth-order valence-corrected chi connectivity index (χ4v) is 2.99. The second-order valence-corrected chi connectivity index (χ2v) is 6.50. The molecule has 1 amide bonds. The van der Waals surface area contributed by atoms with Crippen LogP contribution in [0.3, 0.4) is 0 Å². The third-order valence-corrected chi connectivity index (χ3v) is 4.34. The SMILES string of the molecule is COc1cccc(OC)c1CNC(=O)c1ccc(Nc2nc(C)cc(C)n2)cc1. The molecule has 1 aromatic heterocycles. The number of anilines is 2. The number of benzene rings is 2. The van der Waals surface area contributed by atoms with Crippen molar-refractivity contribution >= 4 is 17.5 Å². The summed E-state index contributed by atoms with van der Waals surface area (Å²) in [4.78, 5) is 21.3. The second kappa shape index (κ2) is 9.05. The highest BCUT2D eigenvalue weighted by atomic mass is 16.5. The van der Waals surface area contributed by atoms with Crippen molar-refractivity contribution in [2.75, 3.05) is 19.5 Å². The van der Waals surface area contributed by atoms with E-state index in [0.29, 0.717) is 29.6 Å². The smallest absolute Gasteiger partial charge is 0.251 e. The van der Waals surface area contributed by atoms with Crippen LogP contribution in [-0.2, 0) is 6.54 Å². The van der Waals surface area contributed by atoms with Crippen LogP contribution in [0.5, 0.6) is 11.5 Å². The normalized spacial score (nSPS) is 10.3. The summed E-state index contributed by atoms with van der Waals surface area (Å²) in [5.41, 5.74) is 3.92. The number of methoxy groups -OCH3 is 2. The summed E-state index contributed by atoms with van der Waals surface area (Å²) in [5.74, 6) is 1.67. The van der Waals surface area contributed by atoms with Gasteiger partial charge in [-0.15, -0.1) is 0 Å². The predicted molar refractivity (Wildman–Crippen MR) is 112 cm³/mol. The molecule has 150 valence electrons. The number of hydrogen-bond acceptors (Lipinski definition) is 6. The third kappa shape index (κ3) is 5.01. The molecule has 0 spiro atoms. The lowest BCUT2D eigenvalue weighted by Crippen LogP contribution is -2.23. The fraction of sp³-hybridized carbons (Fsp3) is 0.227. The number of carbonyl (C=O) groups is 1. The molecule has 0 saturated carbocycles. The Bertz CT molecular complexity index is 961. The summed E-state index contributed by atoms with van der Waals surface area (Å²) in [6, 6.07) is 14.6. The molecule has 0 aliphatic rings. The van der Waals surface area contributed by atoms with Gasteiger partial charge < -0.3 is 20.1 Å². The van der Waals surface area contributed by atoms with E-state index in [4.69, 9.17) is 9.47 Å². The van der Waals surface area contributed by atoms with Gasteiger partial charge in [-0.25, -0.2) is 9.97 Å². The summed E-state index contributed by atoms with van der Waals surface area (Å²) in [6.07, 6.45) is 0. The maximum atomic E-state index is 12.5. The molecule has 0 radical (unpaired) electrons. The highest BCUT2D eigenvalue weighted by Crippen LogP contribution is 2.28. The molecule has 7 nitrogen and oxygen atoms in total. The Hall–Kier alpha value is -3.61. The number of nitrogens with zero attached hydrogens (tertiary/aromatic N) is 2. The van der Waals surface area contributed by atoms with Gasteiger partial charge in [-0.1, -0.05) is 6.07 Å². The van der Waals surface area contributed by atoms with E-state index in [9.17, 15) is 4.79 Å². The average molecular weight is 392 g/mol.